The SMILES string of the molecule is Cc1nn(CCNc2ccccc2F)c(C)c1C. The zero-order valence-corrected chi connectivity index (χ0v) is 11.0. The average molecular weight is 247 g/mol. The number of halogens is 1. The largest absolute Gasteiger partial charge is 0.381 e. The lowest BCUT2D eigenvalue weighted by atomic mass is 10.2. The van der Waals surface area contributed by atoms with E-state index in [9.17, 15) is 4.39 Å². The van der Waals surface area contributed by atoms with Crippen LogP contribution in [0.3, 0.4) is 0 Å². The Morgan fingerprint density at radius 1 is 1.22 bits per heavy atom. The second-order valence-corrected chi connectivity index (χ2v) is 4.43. The smallest absolute Gasteiger partial charge is 0.146 e. The van der Waals surface area contributed by atoms with Crippen LogP contribution >= 0.6 is 0 Å². The Balaban J connectivity index is 1.97. The van der Waals surface area contributed by atoms with Crippen molar-refractivity contribution in [2.24, 2.45) is 0 Å². The average Bonchev–Trinajstić information content (AvgIpc) is 2.60. The third-order valence-corrected chi connectivity index (χ3v) is 3.26. The number of rotatable bonds is 4. The summed E-state index contributed by atoms with van der Waals surface area (Å²) in [4.78, 5) is 0. The minimum atomic E-state index is -0.220. The highest BCUT2D eigenvalue weighted by atomic mass is 19.1. The first-order valence-corrected chi connectivity index (χ1v) is 6.08. The quantitative estimate of drug-likeness (QED) is 0.900. The van der Waals surface area contributed by atoms with Gasteiger partial charge in [0, 0.05) is 12.2 Å². The molecule has 0 atom stereocenters. The Labute approximate surface area is 107 Å². The van der Waals surface area contributed by atoms with Crippen LogP contribution in [0, 0.1) is 26.6 Å². The Kier molecular flexibility index (Phi) is 3.65. The first-order valence-electron chi connectivity index (χ1n) is 6.08. The summed E-state index contributed by atoms with van der Waals surface area (Å²) in [7, 11) is 0. The molecule has 0 fully saturated rings. The lowest BCUT2D eigenvalue weighted by molar-refractivity contribution is 0.605. The van der Waals surface area contributed by atoms with Crippen molar-refractivity contribution in [1.82, 2.24) is 9.78 Å². The van der Waals surface area contributed by atoms with Gasteiger partial charge in [0.25, 0.3) is 0 Å². The van der Waals surface area contributed by atoms with Crippen molar-refractivity contribution in [3.05, 3.63) is 47.0 Å². The summed E-state index contributed by atoms with van der Waals surface area (Å²) in [6.07, 6.45) is 0. The van der Waals surface area contributed by atoms with Crippen LogP contribution in [-0.4, -0.2) is 16.3 Å². The third-order valence-electron chi connectivity index (χ3n) is 3.26. The molecule has 0 amide bonds. The van der Waals surface area contributed by atoms with Crippen molar-refractivity contribution in [2.45, 2.75) is 27.3 Å². The van der Waals surface area contributed by atoms with Gasteiger partial charge in [-0.05, 0) is 38.5 Å². The monoisotopic (exact) mass is 247 g/mol. The minimum Gasteiger partial charge on any atom is -0.381 e. The van der Waals surface area contributed by atoms with Crippen LogP contribution in [0.4, 0.5) is 10.1 Å². The number of nitrogens with zero attached hydrogens (tertiary/aromatic N) is 2. The van der Waals surface area contributed by atoms with E-state index in [0.717, 1.165) is 12.2 Å². The highest BCUT2D eigenvalue weighted by molar-refractivity contribution is 5.44. The number of nitrogens with one attached hydrogen (secondary N) is 1. The van der Waals surface area contributed by atoms with Crippen LogP contribution in [0.1, 0.15) is 17.0 Å². The first-order chi connectivity index (χ1) is 8.59. The molecule has 0 saturated carbocycles. The predicted molar refractivity (Wildman–Crippen MR) is 71.3 cm³/mol. The van der Waals surface area contributed by atoms with Crippen LogP contribution in [0.2, 0.25) is 0 Å². The summed E-state index contributed by atoms with van der Waals surface area (Å²) in [5.41, 5.74) is 3.98. The summed E-state index contributed by atoms with van der Waals surface area (Å²) in [6, 6.07) is 6.70. The molecule has 4 heteroatoms. The number of hydrogen-bond donors (Lipinski definition) is 1. The maximum absolute atomic E-state index is 13.4. The van der Waals surface area contributed by atoms with E-state index in [2.05, 4.69) is 24.3 Å². The fourth-order valence-corrected chi connectivity index (χ4v) is 1.91. The topological polar surface area (TPSA) is 29.9 Å². The molecule has 1 aromatic heterocycles. The Hall–Kier alpha value is -1.84. The number of aryl methyl sites for hydroxylation is 1. The molecular weight excluding hydrogens is 229 g/mol. The molecule has 0 bridgehead atoms. The van der Waals surface area contributed by atoms with E-state index in [4.69, 9.17) is 0 Å². The van der Waals surface area contributed by atoms with Gasteiger partial charge in [-0.15, -0.1) is 0 Å². The molecule has 0 aliphatic heterocycles. The van der Waals surface area contributed by atoms with E-state index < -0.39 is 0 Å². The van der Waals surface area contributed by atoms with Crippen molar-refractivity contribution < 1.29 is 4.39 Å². The normalized spacial score (nSPS) is 10.7. The fraction of sp³-hybridized carbons (Fsp3) is 0.357. The maximum Gasteiger partial charge on any atom is 0.146 e. The van der Waals surface area contributed by atoms with Crippen LogP contribution in [-0.2, 0) is 6.54 Å². The van der Waals surface area contributed by atoms with Gasteiger partial charge < -0.3 is 5.32 Å². The lowest BCUT2D eigenvalue weighted by Crippen LogP contribution is -2.13. The molecule has 1 N–H and O–H groups in total. The highest BCUT2D eigenvalue weighted by Crippen LogP contribution is 2.13. The van der Waals surface area contributed by atoms with Crippen molar-refractivity contribution in [3.8, 4) is 0 Å². The number of para-hydroxylation sites is 1. The number of aromatic nitrogens is 2. The van der Waals surface area contributed by atoms with Crippen molar-refractivity contribution in [1.29, 1.82) is 0 Å². The second kappa shape index (κ2) is 5.21. The molecule has 0 spiro atoms. The van der Waals surface area contributed by atoms with Crippen LogP contribution in [0.15, 0.2) is 24.3 Å². The van der Waals surface area contributed by atoms with Crippen LogP contribution in [0.25, 0.3) is 0 Å². The molecular formula is C14H18FN3. The Bertz CT molecular complexity index is 546. The molecule has 1 aromatic carbocycles. The predicted octanol–water partition coefficient (Wildman–Crippen LogP) is 3.06. The summed E-state index contributed by atoms with van der Waals surface area (Å²) in [5.74, 6) is -0.220. The van der Waals surface area contributed by atoms with Gasteiger partial charge >= 0.3 is 0 Å². The number of anilines is 1. The maximum atomic E-state index is 13.4. The zero-order chi connectivity index (χ0) is 13.1. The van der Waals surface area contributed by atoms with Gasteiger partial charge in [-0.25, -0.2) is 4.39 Å². The Morgan fingerprint density at radius 3 is 2.56 bits per heavy atom. The molecule has 18 heavy (non-hydrogen) atoms. The highest BCUT2D eigenvalue weighted by Gasteiger charge is 2.06. The number of hydrogen-bond acceptors (Lipinski definition) is 2. The van der Waals surface area contributed by atoms with E-state index in [-0.39, 0.29) is 5.82 Å². The molecule has 0 unspecified atom stereocenters. The van der Waals surface area contributed by atoms with E-state index in [1.165, 1.54) is 17.3 Å². The molecule has 0 aliphatic rings. The van der Waals surface area contributed by atoms with Crippen molar-refractivity contribution in [3.63, 3.8) is 0 Å². The third kappa shape index (κ3) is 2.53. The van der Waals surface area contributed by atoms with Crippen molar-refractivity contribution in [2.75, 3.05) is 11.9 Å². The van der Waals surface area contributed by atoms with Gasteiger partial charge in [0.2, 0.25) is 0 Å². The van der Waals surface area contributed by atoms with Gasteiger partial charge in [-0.2, -0.15) is 5.10 Å². The minimum absolute atomic E-state index is 0.220. The molecule has 2 rings (SSSR count). The molecule has 2 aromatic rings. The van der Waals surface area contributed by atoms with Gasteiger partial charge in [0.1, 0.15) is 5.82 Å². The fourth-order valence-electron chi connectivity index (χ4n) is 1.91. The summed E-state index contributed by atoms with van der Waals surface area (Å²) in [6.45, 7) is 7.51. The standard InChI is InChI=1S/C14H18FN3/c1-10-11(2)17-18(12(10)3)9-8-16-14-7-5-4-6-13(14)15/h4-7,16H,8-9H2,1-3H3. The van der Waals surface area contributed by atoms with Crippen LogP contribution < -0.4 is 5.32 Å². The van der Waals surface area contributed by atoms with E-state index >= 15 is 0 Å². The summed E-state index contributed by atoms with van der Waals surface area (Å²) >= 11 is 0. The van der Waals surface area contributed by atoms with Gasteiger partial charge in [-0.3, -0.25) is 4.68 Å². The zero-order valence-electron chi connectivity index (χ0n) is 11.0. The molecule has 1 heterocycles. The number of benzene rings is 1. The Morgan fingerprint density at radius 2 is 1.94 bits per heavy atom. The van der Waals surface area contributed by atoms with Gasteiger partial charge in [0.15, 0.2) is 0 Å². The van der Waals surface area contributed by atoms with Gasteiger partial charge in [0.05, 0.1) is 17.9 Å². The van der Waals surface area contributed by atoms with E-state index in [1.54, 1.807) is 12.1 Å². The first kappa shape index (κ1) is 12.6. The molecule has 96 valence electrons. The van der Waals surface area contributed by atoms with E-state index in [0.29, 0.717) is 12.2 Å². The molecule has 0 saturated heterocycles. The van der Waals surface area contributed by atoms with Crippen LogP contribution in [0.5, 0.6) is 0 Å². The lowest BCUT2D eigenvalue weighted by Gasteiger charge is -2.08. The van der Waals surface area contributed by atoms with Gasteiger partial charge in [-0.1, -0.05) is 12.1 Å². The summed E-state index contributed by atoms with van der Waals surface area (Å²) in [5, 5.41) is 7.53. The van der Waals surface area contributed by atoms with E-state index in [1.807, 2.05) is 17.7 Å². The van der Waals surface area contributed by atoms with Crippen molar-refractivity contribution >= 4 is 5.69 Å². The molecule has 0 aliphatic carbocycles. The molecule has 3 nitrogen and oxygen atoms in total. The summed E-state index contributed by atoms with van der Waals surface area (Å²) < 4.78 is 15.3. The second-order valence-electron chi connectivity index (χ2n) is 4.43. The molecule has 0 radical (unpaired) electrons.